The fourth-order valence-electron chi connectivity index (χ4n) is 2.78. The van der Waals surface area contributed by atoms with Gasteiger partial charge in [-0.3, -0.25) is 9.69 Å². The average molecular weight is 421 g/mol. The number of para-hydroxylation sites is 1. The highest BCUT2D eigenvalue weighted by molar-refractivity contribution is 9.10. The SMILES string of the molecule is COc1ccc(Br)c(C(=O)Nc2ccccc2CN2CCSCC2)c1. The van der Waals surface area contributed by atoms with Crippen molar-refractivity contribution in [2.45, 2.75) is 6.54 Å². The van der Waals surface area contributed by atoms with Gasteiger partial charge >= 0.3 is 0 Å². The molecule has 0 atom stereocenters. The highest BCUT2D eigenvalue weighted by Crippen LogP contribution is 2.25. The zero-order valence-corrected chi connectivity index (χ0v) is 16.5. The number of methoxy groups -OCH3 is 1. The van der Waals surface area contributed by atoms with Gasteiger partial charge in [0.05, 0.1) is 12.7 Å². The minimum absolute atomic E-state index is 0.146. The standard InChI is InChI=1S/C19H21BrN2O2S/c1-24-15-6-7-17(20)16(12-15)19(23)21-18-5-3-2-4-14(18)13-22-8-10-25-11-9-22/h2-7,12H,8-11,13H2,1H3,(H,21,23). The molecule has 2 aromatic rings. The lowest BCUT2D eigenvalue weighted by molar-refractivity contribution is 0.102. The number of thioether (sulfide) groups is 1. The lowest BCUT2D eigenvalue weighted by atomic mass is 10.1. The third-order valence-electron chi connectivity index (χ3n) is 4.18. The summed E-state index contributed by atoms with van der Waals surface area (Å²) in [6.07, 6.45) is 0. The number of anilines is 1. The van der Waals surface area contributed by atoms with Gasteiger partial charge in [0.1, 0.15) is 5.75 Å². The molecule has 3 rings (SSSR count). The topological polar surface area (TPSA) is 41.6 Å². The molecule has 0 saturated carbocycles. The summed E-state index contributed by atoms with van der Waals surface area (Å²) < 4.78 is 5.97. The van der Waals surface area contributed by atoms with Crippen molar-refractivity contribution in [3.63, 3.8) is 0 Å². The summed E-state index contributed by atoms with van der Waals surface area (Å²) in [6, 6.07) is 13.4. The molecule has 6 heteroatoms. The minimum atomic E-state index is -0.146. The van der Waals surface area contributed by atoms with Crippen LogP contribution in [0.5, 0.6) is 5.75 Å². The molecule has 1 aliphatic rings. The lowest BCUT2D eigenvalue weighted by Crippen LogP contribution is -2.32. The maximum atomic E-state index is 12.7. The molecule has 1 N–H and O–H groups in total. The van der Waals surface area contributed by atoms with Crippen molar-refractivity contribution in [3.8, 4) is 5.75 Å². The molecule has 0 spiro atoms. The number of hydrogen-bond acceptors (Lipinski definition) is 4. The Balaban J connectivity index is 1.77. The zero-order chi connectivity index (χ0) is 17.6. The van der Waals surface area contributed by atoms with Gasteiger partial charge in [-0.2, -0.15) is 11.8 Å². The van der Waals surface area contributed by atoms with E-state index in [4.69, 9.17) is 4.74 Å². The summed E-state index contributed by atoms with van der Waals surface area (Å²) in [5.74, 6) is 2.86. The van der Waals surface area contributed by atoms with Crippen LogP contribution < -0.4 is 10.1 Å². The van der Waals surface area contributed by atoms with E-state index in [1.165, 1.54) is 11.5 Å². The van der Waals surface area contributed by atoms with Gasteiger partial charge in [-0.05, 0) is 45.8 Å². The van der Waals surface area contributed by atoms with Crippen LogP contribution in [0.4, 0.5) is 5.69 Å². The Kier molecular flexibility index (Phi) is 6.39. The Morgan fingerprint density at radius 1 is 1.24 bits per heavy atom. The number of benzene rings is 2. The summed E-state index contributed by atoms with van der Waals surface area (Å²) in [5, 5.41) is 3.05. The van der Waals surface area contributed by atoms with Crippen molar-refractivity contribution in [1.29, 1.82) is 0 Å². The van der Waals surface area contributed by atoms with Gasteiger partial charge in [-0.1, -0.05) is 18.2 Å². The van der Waals surface area contributed by atoms with Crippen LogP contribution in [0.3, 0.4) is 0 Å². The van der Waals surface area contributed by atoms with Crippen molar-refractivity contribution in [2.75, 3.05) is 37.0 Å². The molecule has 1 saturated heterocycles. The van der Waals surface area contributed by atoms with Gasteiger partial charge < -0.3 is 10.1 Å². The third kappa shape index (κ3) is 4.77. The van der Waals surface area contributed by atoms with Crippen molar-refractivity contribution >= 4 is 39.3 Å². The molecule has 2 aromatic carbocycles. The van der Waals surface area contributed by atoms with Crippen LogP contribution >= 0.6 is 27.7 Å². The maximum absolute atomic E-state index is 12.7. The van der Waals surface area contributed by atoms with Gasteiger partial charge in [0.15, 0.2) is 0 Å². The molecule has 4 nitrogen and oxygen atoms in total. The van der Waals surface area contributed by atoms with Crippen LogP contribution in [0.25, 0.3) is 0 Å². The minimum Gasteiger partial charge on any atom is -0.497 e. The van der Waals surface area contributed by atoms with E-state index in [0.29, 0.717) is 11.3 Å². The zero-order valence-electron chi connectivity index (χ0n) is 14.1. The first kappa shape index (κ1) is 18.3. The lowest BCUT2D eigenvalue weighted by Gasteiger charge is -2.27. The molecule has 1 fully saturated rings. The molecule has 25 heavy (non-hydrogen) atoms. The van der Waals surface area contributed by atoms with Crippen LogP contribution in [0, 0.1) is 0 Å². The van der Waals surface area contributed by atoms with Crippen LogP contribution in [-0.4, -0.2) is 42.5 Å². The van der Waals surface area contributed by atoms with Gasteiger partial charge in [0.2, 0.25) is 0 Å². The number of amides is 1. The number of nitrogens with zero attached hydrogens (tertiary/aromatic N) is 1. The fraction of sp³-hybridized carbons (Fsp3) is 0.316. The molecular formula is C19H21BrN2O2S. The molecule has 0 bridgehead atoms. The van der Waals surface area contributed by atoms with Crippen LogP contribution in [0.15, 0.2) is 46.9 Å². The van der Waals surface area contributed by atoms with Crippen molar-refractivity contribution in [1.82, 2.24) is 4.90 Å². The Hall–Kier alpha value is -1.50. The number of carbonyl (C=O) groups excluding carboxylic acids is 1. The van der Waals surface area contributed by atoms with E-state index in [9.17, 15) is 4.79 Å². The van der Waals surface area contributed by atoms with E-state index in [2.05, 4.69) is 32.2 Å². The number of rotatable bonds is 5. The molecule has 132 valence electrons. The molecule has 0 radical (unpaired) electrons. The van der Waals surface area contributed by atoms with E-state index < -0.39 is 0 Å². The second-order valence-corrected chi connectivity index (χ2v) is 7.92. The van der Waals surface area contributed by atoms with Crippen LogP contribution in [0.1, 0.15) is 15.9 Å². The molecule has 0 aromatic heterocycles. The predicted molar refractivity (Wildman–Crippen MR) is 108 cm³/mol. The summed E-state index contributed by atoms with van der Waals surface area (Å²) in [7, 11) is 1.59. The largest absolute Gasteiger partial charge is 0.497 e. The van der Waals surface area contributed by atoms with Gasteiger partial charge in [0, 0.05) is 41.3 Å². The first-order valence-electron chi connectivity index (χ1n) is 8.20. The second-order valence-electron chi connectivity index (χ2n) is 5.85. The smallest absolute Gasteiger partial charge is 0.256 e. The van der Waals surface area contributed by atoms with E-state index in [0.717, 1.165) is 35.4 Å². The summed E-state index contributed by atoms with van der Waals surface area (Å²) >= 11 is 5.44. The summed E-state index contributed by atoms with van der Waals surface area (Å²) in [6.45, 7) is 3.04. The molecule has 0 unspecified atom stereocenters. The third-order valence-corrected chi connectivity index (χ3v) is 5.82. The Bertz CT molecular complexity index is 748. The highest BCUT2D eigenvalue weighted by Gasteiger charge is 2.16. The van der Waals surface area contributed by atoms with Gasteiger partial charge in [-0.25, -0.2) is 0 Å². The van der Waals surface area contributed by atoms with Crippen molar-refractivity contribution < 1.29 is 9.53 Å². The van der Waals surface area contributed by atoms with Crippen molar-refractivity contribution in [3.05, 3.63) is 58.1 Å². The quantitative estimate of drug-likeness (QED) is 0.784. The van der Waals surface area contributed by atoms with E-state index in [1.807, 2.05) is 42.1 Å². The Morgan fingerprint density at radius 3 is 2.76 bits per heavy atom. The molecular weight excluding hydrogens is 400 g/mol. The monoisotopic (exact) mass is 420 g/mol. The number of carbonyl (C=O) groups is 1. The Morgan fingerprint density at radius 2 is 2.00 bits per heavy atom. The Labute approximate surface area is 161 Å². The summed E-state index contributed by atoms with van der Waals surface area (Å²) in [5.41, 5.74) is 2.56. The van der Waals surface area contributed by atoms with E-state index in [1.54, 1.807) is 13.2 Å². The molecule has 1 amide bonds. The normalized spacial score (nSPS) is 15.0. The van der Waals surface area contributed by atoms with Crippen molar-refractivity contribution in [2.24, 2.45) is 0 Å². The first-order chi connectivity index (χ1) is 12.2. The fourth-order valence-corrected chi connectivity index (χ4v) is 4.18. The second kappa shape index (κ2) is 8.74. The van der Waals surface area contributed by atoms with Gasteiger partial charge in [-0.15, -0.1) is 0 Å². The number of hydrogen-bond donors (Lipinski definition) is 1. The number of nitrogens with one attached hydrogen (secondary N) is 1. The molecule has 0 aliphatic carbocycles. The highest BCUT2D eigenvalue weighted by atomic mass is 79.9. The van der Waals surface area contributed by atoms with Gasteiger partial charge in [0.25, 0.3) is 5.91 Å². The van der Waals surface area contributed by atoms with Crippen LogP contribution in [-0.2, 0) is 6.54 Å². The molecule has 1 heterocycles. The van der Waals surface area contributed by atoms with E-state index in [-0.39, 0.29) is 5.91 Å². The first-order valence-corrected chi connectivity index (χ1v) is 10.1. The molecule has 1 aliphatic heterocycles. The van der Waals surface area contributed by atoms with Crippen LogP contribution in [0.2, 0.25) is 0 Å². The van der Waals surface area contributed by atoms with E-state index >= 15 is 0 Å². The summed E-state index contributed by atoms with van der Waals surface area (Å²) in [4.78, 5) is 15.2. The number of halogens is 1. The predicted octanol–water partition coefficient (Wildman–Crippen LogP) is 4.26. The maximum Gasteiger partial charge on any atom is 0.256 e. The number of ether oxygens (including phenoxy) is 1. The average Bonchev–Trinajstić information content (AvgIpc) is 2.64.